The van der Waals surface area contributed by atoms with E-state index in [0.717, 1.165) is 40.1 Å². The van der Waals surface area contributed by atoms with E-state index < -0.39 is 10.0 Å². The highest BCUT2D eigenvalue weighted by Gasteiger charge is 2.33. The number of aryl methyl sites for hydroxylation is 2. The van der Waals surface area contributed by atoms with E-state index in [1.54, 1.807) is 4.90 Å². The molecule has 0 radical (unpaired) electrons. The van der Waals surface area contributed by atoms with E-state index in [-0.39, 0.29) is 23.3 Å². The minimum atomic E-state index is -3.93. The van der Waals surface area contributed by atoms with Gasteiger partial charge in [-0.25, -0.2) is 23.5 Å². The van der Waals surface area contributed by atoms with Crippen molar-refractivity contribution in [3.8, 4) is 6.07 Å². The third-order valence-corrected chi connectivity index (χ3v) is 9.89. The van der Waals surface area contributed by atoms with Crippen molar-refractivity contribution >= 4 is 49.8 Å². The number of nitriles is 1. The summed E-state index contributed by atoms with van der Waals surface area (Å²) in [5, 5.41) is 17.7. The zero-order valence-electron chi connectivity index (χ0n) is 24.9. The van der Waals surface area contributed by atoms with Crippen LogP contribution < -0.4 is 14.9 Å². The fraction of sp³-hybridized carbons (Fsp3) is 0.344. The number of benzene rings is 2. The number of amides is 1. The molecule has 1 atom stereocenters. The van der Waals surface area contributed by atoms with Crippen LogP contribution in [0.2, 0.25) is 5.02 Å². The van der Waals surface area contributed by atoms with Crippen molar-refractivity contribution in [1.29, 1.82) is 5.26 Å². The van der Waals surface area contributed by atoms with Crippen LogP contribution in [0.3, 0.4) is 0 Å². The van der Waals surface area contributed by atoms with Crippen molar-refractivity contribution in [1.82, 2.24) is 19.9 Å². The highest BCUT2D eigenvalue weighted by molar-refractivity contribution is 7.89. The lowest BCUT2D eigenvalue weighted by Crippen LogP contribution is -2.55. The summed E-state index contributed by atoms with van der Waals surface area (Å²) in [5.41, 5.74) is 3.45. The number of primary sulfonamides is 1. The molecule has 0 unspecified atom stereocenters. The lowest BCUT2D eigenvalue weighted by molar-refractivity contribution is -0.131. The van der Waals surface area contributed by atoms with Crippen molar-refractivity contribution in [2.45, 2.75) is 50.1 Å². The van der Waals surface area contributed by atoms with Crippen LogP contribution in [0.5, 0.6) is 0 Å². The molecule has 2 aliphatic rings. The molecule has 1 amide bonds. The van der Waals surface area contributed by atoms with Gasteiger partial charge in [0.05, 0.1) is 40.7 Å². The minimum Gasteiger partial charge on any atom is -0.365 e. The highest BCUT2D eigenvalue weighted by Crippen LogP contribution is 2.37. The second kappa shape index (κ2) is 12.6. The smallest absolute Gasteiger partial charge is 0.238 e. The molecule has 6 rings (SSSR count). The van der Waals surface area contributed by atoms with Gasteiger partial charge in [0.25, 0.3) is 0 Å². The number of aromatic nitrogens is 3. The summed E-state index contributed by atoms with van der Waals surface area (Å²) in [6.45, 7) is 4.35. The van der Waals surface area contributed by atoms with E-state index in [2.05, 4.69) is 26.9 Å². The third kappa shape index (κ3) is 6.29. The number of carbonyl (C=O) groups is 1. The summed E-state index contributed by atoms with van der Waals surface area (Å²) >= 11 is 6.68. The summed E-state index contributed by atoms with van der Waals surface area (Å²) in [4.78, 5) is 32.7. The molecule has 0 aliphatic carbocycles. The summed E-state index contributed by atoms with van der Waals surface area (Å²) in [6, 6.07) is 15.4. The van der Waals surface area contributed by atoms with Gasteiger partial charge in [0.1, 0.15) is 11.6 Å². The first-order chi connectivity index (χ1) is 21.6. The normalized spacial score (nSPS) is 16.8. The maximum Gasteiger partial charge on any atom is 0.238 e. The Morgan fingerprint density at radius 2 is 1.89 bits per heavy atom. The molecule has 13 heteroatoms. The second-order valence-corrected chi connectivity index (χ2v) is 13.3. The largest absolute Gasteiger partial charge is 0.365 e. The number of anilines is 2. The first-order valence-electron chi connectivity index (χ1n) is 14.8. The van der Waals surface area contributed by atoms with Crippen LogP contribution in [-0.2, 0) is 40.6 Å². The van der Waals surface area contributed by atoms with Crippen LogP contribution in [0.4, 0.5) is 11.5 Å². The number of rotatable bonds is 7. The number of fused-ring (bicyclic) bond motifs is 2. The Kier molecular flexibility index (Phi) is 8.59. The first-order valence-corrected chi connectivity index (χ1v) is 16.7. The predicted molar refractivity (Wildman–Crippen MR) is 172 cm³/mol. The molecule has 2 aliphatic heterocycles. The van der Waals surface area contributed by atoms with E-state index in [9.17, 15) is 18.5 Å². The standard InChI is InChI=1S/C32H33ClN8O3S/c1-21(42)41-17-16-40(19-24(41)10-13-34)32-25-12-15-39(28-7-3-5-22-4-2-6-26(33)31(22)28)20-27(25)37-30(38-32)9-8-23-18-36-14-11-29(23)45(35,43)44/h2-7,11,14,18,24H,8-10,12,15-17,19-20H2,1H3,(H2,35,43,44)/t24-/m0/s1. The van der Waals surface area contributed by atoms with Crippen LogP contribution in [0.15, 0.2) is 59.8 Å². The molecule has 232 valence electrons. The number of hydrogen-bond acceptors (Lipinski definition) is 9. The van der Waals surface area contributed by atoms with Gasteiger partial charge in [0.15, 0.2) is 0 Å². The number of carbonyl (C=O) groups excluding carboxylic acids is 1. The summed E-state index contributed by atoms with van der Waals surface area (Å²) in [5.74, 6) is 1.32. The van der Waals surface area contributed by atoms with E-state index >= 15 is 0 Å². The van der Waals surface area contributed by atoms with E-state index in [0.29, 0.717) is 61.9 Å². The molecule has 2 aromatic carbocycles. The quantitative estimate of drug-likeness (QED) is 0.318. The fourth-order valence-corrected chi connectivity index (χ4v) is 7.50. The molecule has 45 heavy (non-hydrogen) atoms. The van der Waals surface area contributed by atoms with Gasteiger partial charge in [-0.15, -0.1) is 0 Å². The van der Waals surface area contributed by atoms with Gasteiger partial charge < -0.3 is 14.7 Å². The number of sulfonamides is 1. The Bertz CT molecular complexity index is 1920. The Labute approximate surface area is 267 Å². The number of piperazine rings is 1. The zero-order chi connectivity index (χ0) is 31.7. The van der Waals surface area contributed by atoms with E-state index in [4.69, 9.17) is 26.7 Å². The van der Waals surface area contributed by atoms with Crippen molar-refractivity contribution in [3.63, 3.8) is 0 Å². The van der Waals surface area contributed by atoms with Crippen molar-refractivity contribution < 1.29 is 13.2 Å². The SMILES string of the molecule is CC(=O)N1CCN(c2nc(CCc3cnccc3S(N)(=O)=O)nc3c2CCN(c2cccc4cccc(Cl)c24)C3)C[C@@H]1CC#N. The van der Waals surface area contributed by atoms with E-state index in [1.165, 1.54) is 25.4 Å². The van der Waals surface area contributed by atoms with Gasteiger partial charge in [0.2, 0.25) is 15.9 Å². The third-order valence-electron chi connectivity index (χ3n) is 8.56. The Morgan fingerprint density at radius 3 is 2.64 bits per heavy atom. The summed E-state index contributed by atoms with van der Waals surface area (Å²) < 4.78 is 24.4. The van der Waals surface area contributed by atoms with Crippen molar-refractivity contribution in [2.24, 2.45) is 5.14 Å². The molecule has 2 N–H and O–H groups in total. The average Bonchev–Trinajstić information content (AvgIpc) is 3.02. The zero-order valence-corrected chi connectivity index (χ0v) is 26.4. The molecule has 1 saturated heterocycles. The number of nitrogens with zero attached hydrogens (tertiary/aromatic N) is 7. The molecule has 11 nitrogen and oxygen atoms in total. The van der Waals surface area contributed by atoms with Crippen molar-refractivity contribution in [2.75, 3.05) is 36.0 Å². The highest BCUT2D eigenvalue weighted by atomic mass is 35.5. The van der Waals surface area contributed by atoms with Gasteiger partial charge >= 0.3 is 0 Å². The van der Waals surface area contributed by atoms with Crippen LogP contribution in [0, 0.1) is 11.3 Å². The van der Waals surface area contributed by atoms with Gasteiger partial charge in [-0.05, 0) is 42.0 Å². The van der Waals surface area contributed by atoms with Gasteiger partial charge in [-0.2, -0.15) is 5.26 Å². The van der Waals surface area contributed by atoms with Crippen LogP contribution >= 0.6 is 11.6 Å². The second-order valence-electron chi connectivity index (χ2n) is 11.4. The Morgan fingerprint density at radius 1 is 1.09 bits per heavy atom. The average molecular weight is 645 g/mol. The molecule has 0 spiro atoms. The van der Waals surface area contributed by atoms with Gasteiger partial charge in [0, 0.05) is 68.6 Å². The Balaban J connectivity index is 1.38. The molecular formula is C32H33ClN8O3S. The molecule has 2 aromatic heterocycles. The maximum atomic E-state index is 12.3. The number of nitrogens with two attached hydrogens (primary N) is 1. The van der Waals surface area contributed by atoms with Crippen LogP contribution in [-0.4, -0.2) is 66.4 Å². The lowest BCUT2D eigenvalue weighted by Gasteiger charge is -2.42. The Hall–Kier alpha value is -4.31. The van der Waals surface area contributed by atoms with Crippen molar-refractivity contribution in [3.05, 3.63) is 82.5 Å². The fourth-order valence-electron chi connectivity index (χ4n) is 6.45. The molecule has 4 heterocycles. The topological polar surface area (TPSA) is 149 Å². The number of hydrogen-bond donors (Lipinski definition) is 1. The molecule has 0 bridgehead atoms. The predicted octanol–water partition coefficient (Wildman–Crippen LogP) is 3.62. The minimum absolute atomic E-state index is 0.0365. The van der Waals surface area contributed by atoms with Crippen LogP contribution in [0.1, 0.15) is 36.0 Å². The van der Waals surface area contributed by atoms with Gasteiger partial charge in [-0.1, -0.05) is 35.9 Å². The van der Waals surface area contributed by atoms with Gasteiger partial charge in [-0.3, -0.25) is 9.78 Å². The maximum absolute atomic E-state index is 12.3. The summed E-state index contributed by atoms with van der Waals surface area (Å²) in [6.07, 6.45) is 4.53. The monoisotopic (exact) mass is 644 g/mol. The molecule has 4 aromatic rings. The van der Waals surface area contributed by atoms with E-state index in [1.807, 2.05) is 30.3 Å². The molecular weight excluding hydrogens is 612 g/mol. The lowest BCUT2D eigenvalue weighted by atomic mass is 10.0. The number of halogens is 1. The summed E-state index contributed by atoms with van der Waals surface area (Å²) in [7, 11) is -3.93. The number of pyridine rings is 1. The first kappa shape index (κ1) is 30.7. The molecule has 0 saturated carbocycles. The molecule has 1 fully saturated rings. The van der Waals surface area contributed by atoms with Crippen LogP contribution in [0.25, 0.3) is 10.8 Å².